The number of nitrogens with two attached hydrogens (primary N) is 1. The van der Waals surface area contributed by atoms with Gasteiger partial charge in [-0.2, -0.15) is 18.2 Å². The molecule has 0 radical (unpaired) electrons. The largest absolute Gasteiger partial charge is 0.471 e. The van der Waals surface area contributed by atoms with E-state index in [0.29, 0.717) is 5.56 Å². The second-order valence-corrected chi connectivity index (χ2v) is 6.47. The molecule has 0 saturated carbocycles. The number of aromatic nitrogens is 2. The van der Waals surface area contributed by atoms with E-state index in [9.17, 15) is 22.4 Å². The number of hydrogen-bond acceptors (Lipinski definition) is 5. The molecular weight excluding hydrogens is 432 g/mol. The number of halogens is 4. The Labute approximate surface area is 178 Å². The minimum atomic E-state index is -4.77. The van der Waals surface area contributed by atoms with Crippen LogP contribution in [0.5, 0.6) is 0 Å². The Hall–Kier alpha value is -4.09. The SMILES string of the molecule is N=C(N=C(N)CCNC(=O)c1cccc(-c2noc(C(F)(F)F)n2)c1)c1ccc(F)cc1. The zero-order valence-electron chi connectivity index (χ0n) is 16.3. The van der Waals surface area contributed by atoms with E-state index in [1.165, 1.54) is 48.5 Å². The summed E-state index contributed by atoms with van der Waals surface area (Å²) >= 11 is 0. The molecule has 1 aromatic heterocycles. The molecule has 166 valence electrons. The molecule has 0 aliphatic carbocycles. The van der Waals surface area contributed by atoms with Gasteiger partial charge in [0.1, 0.15) is 11.7 Å². The smallest absolute Gasteiger partial charge is 0.387 e. The fourth-order valence-electron chi connectivity index (χ4n) is 2.53. The molecule has 0 fully saturated rings. The van der Waals surface area contributed by atoms with Gasteiger partial charge in [0, 0.05) is 29.7 Å². The number of carbonyl (C=O) groups is 1. The van der Waals surface area contributed by atoms with E-state index < -0.39 is 23.8 Å². The summed E-state index contributed by atoms with van der Waals surface area (Å²) in [6, 6.07) is 10.9. The van der Waals surface area contributed by atoms with E-state index in [4.69, 9.17) is 11.1 Å². The highest BCUT2D eigenvalue weighted by atomic mass is 19.4. The van der Waals surface area contributed by atoms with Crippen LogP contribution in [0.2, 0.25) is 0 Å². The highest BCUT2D eigenvalue weighted by Gasteiger charge is 2.38. The number of benzene rings is 2. The Morgan fingerprint density at radius 2 is 1.88 bits per heavy atom. The van der Waals surface area contributed by atoms with Crippen LogP contribution in [0.25, 0.3) is 11.4 Å². The van der Waals surface area contributed by atoms with Gasteiger partial charge in [-0.15, -0.1) is 0 Å². The second-order valence-electron chi connectivity index (χ2n) is 6.47. The normalized spacial score (nSPS) is 11.9. The molecule has 2 aromatic carbocycles. The Kier molecular flexibility index (Phi) is 6.61. The van der Waals surface area contributed by atoms with Gasteiger partial charge in [-0.25, -0.2) is 9.38 Å². The number of hydrogen-bond donors (Lipinski definition) is 3. The molecule has 0 unspecified atom stereocenters. The third-order valence-electron chi connectivity index (χ3n) is 4.09. The summed E-state index contributed by atoms with van der Waals surface area (Å²) in [6.45, 7) is 0.0928. The fraction of sp³-hybridized carbons (Fsp3) is 0.150. The summed E-state index contributed by atoms with van der Waals surface area (Å²) in [5.41, 5.74) is 6.48. The molecule has 0 aliphatic rings. The van der Waals surface area contributed by atoms with Crippen LogP contribution in [0.4, 0.5) is 17.6 Å². The number of carbonyl (C=O) groups excluding carboxylic acids is 1. The third-order valence-corrected chi connectivity index (χ3v) is 4.09. The minimum absolute atomic E-state index is 0.0832. The van der Waals surface area contributed by atoms with Gasteiger partial charge in [-0.3, -0.25) is 10.2 Å². The number of aliphatic imine (C=N–C) groups is 1. The Morgan fingerprint density at radius 1 is 1.16 bits per heavy atom. The monoisotopic (exact) mass is 448 g/mol. The first kappa shape index (κ1) is 22.6. The second kappa shape index (κ2) is 9.37. The van der Waals surface area contributed by atoms with Crippen molar-refractivity contribution in [1.82, 2.24) is 15.5 Å². The van der Waals surface area contributed by atoms with Crippen LogP contribution in [0.15, 0.2) is 58.0 Å². The minimum Gasteiger partial charge on any atom is -0.387 e. The molecule has 1 heterocycles. The molecule has 0 saturated heterocycles. The lowest BCUT2D eigenvalue weighted by molar-refractivity contribution is -0.159. The van der Waals surface area contributed by atoms with E-state index >= 15 is 0 Å². The van der Waals surface area contributed by atoms with Crippen molar-refractivity contribution in [3.8, 4) is 11.4 Å². The summed E-state index contributed by atoms with van der Waals surface area (Å²) in [5.74, 6) is -2.80. The highest BCUT2D eigenvalue weighted by molar-refractivity contribution is 6.04. The van der Waals surface area contributed by atoms with Crippen molar-refractivity contribution in [3.05, 3.63) is 71.4 Å². The highest BCUT2D eigenvalue weighted by Crippen LogP contribution is 2.29. The molecule has 32 heavy (non-hydrogen) atoms. The van der Waals surface area contributed by atoms with Gasteiger partial charge in [0.15, 0.2) is 5.84 Å². The summed E-state index contributed by atoms with van der Waals surface area (Å²) in [7, 11) is 0. The quantitative estimate of drug-likeness (QED) is 0.302. The van der Waals surface area contributed by atoms with E-state index in [-0.39, 0.29) is 41.6 Å². The van der Waals surface area contributed by atoms with Gasteiger partial charge >= 0.3 is 12.1 Å². The van der Waals surface area contributed by atoms with Crippen molar-refractivity contribution in [2.45, 2.75) is 12.6 Å². The van der Waals surface area contributed by atoms with Crippen LogP contribution < -0.4 is 11.1 Å². The molecule has 8 nitrogen and oxygen atoms in total. The van der Waals surface area contributed by atoms with Crippen molar-refractivity contribution >= 4 is 17.6 Å². The number of amidine groups is 2. The Morgan fingerprint density at radius 3 is 2.53 bits per heavy atom. The predicted octanol–water partition coefficient (Wildman–Crippen LogP) is 3.40. The zero-order chi connectivity index (χ0) is 23.3. The van der Waals surface area contributed by atoms with Gasteiger partial charge < -0.3 is 15.6 Å². The lowest BCUT2D eigenvalue weighted by Gasteiger charge is -2.06. The van der Waals surface area contributed by atoms with E-state index in [2.05, 4.69) is 25.0 Å². The van der Waals surface area contributed by atoms with Crippen molar-refractivity contribution in [2.75, 3.05) is 6.54 Å². The van der Waals surface area contributed by atoms with Crippen molar-refractivity contribution in [2.24, 2.45) is 10.7 Å². The maximum atomic E-state index is 12.9. The summed E-state index contributed by atoms with van der Waals surface area (Å²) < 4.78 is 55.0. The van der Waals surface area contributed by atoms with Gasteiger partial charge in [-0.05, 0) is 36.4 Å². The molecular formula is C20H16F4N6O2. The summed E-state index contributed by atoms with van der Waals surface area (Å²) in [6.07, 6.45) is -4.64. The fourth-order valence-corrected chi connectivity index (χ4v) is 2.53. The van der Waals surface area contributed by atoms with Crippen LogP contribution >= 0.6 is 0 Å². The van der Waals surface area contributed by atoms with Gasteiger partial charge in [0.25, 0.3) is 5.91 Å². The average Bonchev–Trinajstić information content (AvgIpc) is 3.25. The Balaban J connectivity index is 1.58. The molecule has 0 spiro atoms. The zero-order valence-corrected chi connectivity index (χ0v) is 16.3. The van der Waals surface area contributed by atoms with Crippen molar-refractivity contribution < 1.29 is 26.9 Å². The number of nitrogens with zero attached hydrogens (tertiary/aromatic N) is 3. The third kappa shape index (κ3) is 5.74. The molecule has 3 aromatic rings. The number of nitrogens with one attached hydrogen (secondary N) is 2. The molecule has 0 aliphatic heterocycles. The lowest BCUT2D eigenvalue weighted by atomic mass is 10.1. The average molecular weight is 448 g/mol. The van der Waals surface area contributed by atoms with Crippen molar-refractivity contribution in [1.29, 1.82) is 5.41 Å². The molecule has 3 rings (SSSR count). The van der Waals surface area contributed by atoms with Crippen LogP contribution in [-0.2, 0) is 6.18 Å². The molecule has 0 bridgehead atoms. The number of amides is 1. The van der Waals surface area contributed by atoms with E-state index in [0.717, 1.165) is 0 Å². The van der Waals surface area contributed by atoms with Gasteiger partial charge in [0.2, 0.25) is 5.82 Å². The van der Waals surface area contributed by atoms with E-state index in [1.54, 1.807) is 0 Å². The van der Waals surface area contributed by atoms with Crippen molar-refractivity contribution in [3.63, 3.8) is 0 Å². The van der Waals surface area contributed by atoms with Crippen LogP contribution in [0.1, 0.15) is 28.2 Å². The van der Waals surface area contributed by atoms with Crippen LogP contribution in [0, 0.1) is 11.2 Å². The molecule has 1 amide bonds. The van der Waals surface area contributed by atoms with Gasteiger partial charge in [0.05, 0.1) is 0 Å². The first-order chi connectivity index (χ1) is 15.1. The number of rotatable bonds is 6. The number of alkyl halides is 3. The first-order valence-corrected chi connectivity index (χ1v) is 9.10. The lowest BCUT2D eigenvalue weighted by Crippen LogP contribution is -2.28. The predicted molar refractivity (Wildman–Crippen MR) is 107 cm³/mol. The summed E-state index contributed by atoms with van der Waals surface area (Å²) in [5, 5.41) is 13.7. The maximum Gasteiger partial charge on any atom is 0.471 e. The summed E-state index contributed by atoms with van der Waals surface area (Å²) in [4.78, 5) is 19.5. The maximum absolute atomic E-state index is 12.9. The Bertz CT molecular complexity index is 1160. The molecule has 4 N–H and O–H groups in total. The van der Waals surface area contributed by atoms with E-state index in [1.807, 2.05) is 0 Å². The van der Waals surface area contributed by atoms with Gasteiger partial charge in [-0.1, -0.05) is 17.3 Å². The topological polar surface area (TPSA) is 130 Å². The standard InChI is InChI=1S/C20H16F4N6O2/c21-14-6-4-11(5-7-14)16(26)28-15(25)8-9-27-18(31)13-3-1-2-12(10-13)17-29-19(32-30-17)20(22,23)24/h1-7,10H,8-9H2,(H,27,31)(H3,25,26,28). The molecule has 12 heteroatoms. The van der Waals surface area contributed by atoms with Crippen LogP contribution in [-0.4, -0.2) is 34.3 Å². The first-order valence-electron chi connectivity index (χ1n) is 9.10. The molecule has 0 atom stereocenters. The van der Waals surface area contributed by atoms with Crippen LogP contribution in [0.3, 0.4) is 0 Å².